The van der Waals surface area contributed by atoms with Crippen LogP contribution < -0.4 is 15.1 Å². The maximum atomic E-state index is 13.5. The average Bonchev–Trinajstić information content (AvgIpc) is 3.70. The minimum absolute atomic E-state index is 0.0100. The maximum Gasteiger partial charge on any atom is 0.236 e. The summed E-state index contributed by atoms with van der Waals surface area (Å²) in [5.74, 6) is 1.24. The van der Waals surface area contributed by atoms with Gasteiger partial charge in [-0.15, -0.1) is 5.10 Å². The number of β-amino-alcohol motifs (C(OH)–C–C–N with tert-alkyl or cyclic N) is 1. The number of aliphatic hydroxyl groups is 1. The fourth-order valence-corrected chi connectivity index (χ4v) is 6.11. The van der Waals surface area contributed by atoms with Gasteiger partial charge < -0.3 is 25.1 Å². The first kappa shape index (κ1) is 27.1. The largest absolute Gasteiger partial charge is 0.389 e. The van der Waals surface area contributed by atoms with Gasteiger partial charge in [-0.25, -0.2) is 14.4 Å². The lowest BCUT2D eigenvalue weighted by Crippen LogP contribution is -2.56. The molecule has 13 heteroatoms. The van der Waals surface area contributed by atoms with Crippen LogP contribution in [0.25, 0.3) is 16.9 Å². The van der Waals surface area contributed by atoms with E-state index in [1.165, 1.54) is 23.5 Å². The Morgan fingerprint density at radius 3 is 2.71 bits per heavy atom. The average molecular weight is 576 g/mol. The topological polar surface area (TPSA) is 126 Å². The smallest absolute Gasteiger partial charge is 0.236 e. The number of aromatic nitrogens is 4. The Balaban J connectivity index is 1.23. The molecule has 0 radical (unpaired) electrons. The van der Waals surface area contributed by atoms with Gasteiger partial charge >= 0.3 is 0 Å². The Hall–Kier alpha value is -4.12. The van der Waals surface area contributed by atoms with Crippen LogP contribution in [0.2, 0.25) is 0 Å². The number of hydrogen-bond acceptors (Lipinski definition) is 10. The number of thiazole rings is 1. The number of nitriles is 1. The highest BCUT2D eigenvalue weighted by atomic mass is 32.1. The molecule has 2 aliphatic heterocycles. The van der Waals surface area contributed by atoms with Crippen LogP contribution in [0.1, 0.15) is 23.9 Å². The predicted octanol–water partition coefficient (Wildman–Crippen LogP) is 2.57. The number of benzene rings is 1. The molecule has 212 valence electrons. The van der Waals surface area contributed by atoms with Crippen LogP contribution >= 0.6 is 11.3 Å². The Bertz CT molecular complexity index is 1620. The van der Waals surface area contributed by atoms with E-state index in [0.717, 1.165) is 30.3 Å². The van der Waals surface area contributed by atoms with Crippen LogP contribution in [-0.4, -0.2) is 87.4 Å². The maximum absolute atomic E-state index is 13.5. The van der Waals surface area contributed by atoms with Crippen molar-refractivity contribution in [3.63, 3.8) is 0 Å². The molecular formula is C28H30FN9O2S. The van der Waals surface area contributed by atoms with Crippen LogP contribution in [0.5, 0.6) is 0 Å². The molecule has 0 unspecified atom stereocenters. The number of nitrogens with zero attached hydrogens (tertiary/aromatic N) is 8. The molecule has 1 amide bonds. The number of rotatable bonds is 8. The van der Waals surface area contributed by atoms with Crippen LogP contribution in [0, 0.1) is 17.1 Å². The molecule has 2 aliphatic rings. The monoisotopic (exact) mass is 575 g/mol. The van der Waals surface area contributed by atoms with Gasteiger partial charge in [0, 0.05) is 44.8 Å². The Morgan fingerprint density at radius 2 is 2.00 bits per heavy atom. The number of carbonyl (C=O) groups is 1. The summed E-state index contributed by atoms with van der Waals surface area (Å²) < 4.78 is 15.3. The van der Waals surface area contributed by atoms with Gasteiger partial charge in [0.1, 0.15) is 28.3 Å². The highest BCUT2D eigenvalue weighted by Crippen LogP contribution is 2.37. The molecule has 2 saturated heterocycles. The van der Waals surface area contributed by atoms with E-state index in [2.05, 4.69) is 16.3 Å². The fraction of sp³-hybridized carbons (Fsp3) is 0.393. The molecule has 41 heavy (non-hydrogen) atoms. The molecule has 2 N–H and O–H groups in total. The van der Waals surface area contributed by atoms with Gasteiger partial charge in [-0.2, -0.15) is 9.78 Å². The van der Waals surface area contributed by atoms with Crippen molar-refractivity contribution >= 4 is 39.7 Å². The number of anilines is 3. The van der Waals surface area contributed by atoms with Gasteiger partial charge in [-0.05, 0) is 49.2 Å². The predicted molar refractivity (Wildman–Crippen MR) is 154 cm³/mol. The van der Waals surface area contributed by atoms with Crippen molar-refractivity contribution < 1.29 is 14.3 Å². The summed E-state index contributed by atoms with van der Waals surface area (Å²) in [6, 6.07) is 12.3. The summed E-state index contributed by atoms with van der Waals surface area (Å²) >= 11 is 1.27. The van der Waals surface area contributed by atoms with Crippen LogP contribution in [0.15, 0.2) is 36.4 Å². The quantitative estimate of drug-likeness (QED) is 0.326. The van der Waals surface area contributed by atoms with E-state index in [9.17, 15) is 19.6 Å². The molecule has 5 heterocycles. The fourth-order valence-electron chi connectivity index (χ4n) is 5.26. The first-order valence-electron chi connectivity index (χ1n) is 13.6. The molecule has 0 spiro atoms. The number of hydrogen-bond donors (Lipinski definition) is 2. The highest BCUT2D eigenvalue weighted by Gasteiger charge is 2.30. The lowest BCUT2D eigenvalue weighted by molar-refractivity contribution is -0.140. The second-order valence-electron chi connectivity index (χ2n) is 10.3. The van der Waals surface area contributed by atoms with E-state index in [4.69, 9.17) is 15.1 Å². The van der Waals surface area contributed by atoms with E-state index < -0.39 is 6.10 Å². The molecule has 1 atom stereocenters. The lowest BCUT2D eigenvalue weighted by atomic mass is 10.1. The summed E-state index contributed by atoms with van der Waals surface area (Å²) in [5.41, 5.74) is 2.75. The molecule has 0 aliphatic carbocycles. The summed E-state index contributed by atoms with van der Waals surface area (Å²) in [7, 11) is 1.88. The van der Waals surface area contributed by atoms with Gasteiger partial charge in [-0.1, -0.05) is 18.3 Å². The molecule has 1 aromatic carbocycles. The highest BCUT2D eigenvalue weighted by molar-refractivity contribution is 7.16. The molecule has 0 saturated carbocycles. The molecule has 4 aromatic rings. The minimum Gasteiger partial charge on any atom is -0.389 e. The zero-order valence-electron chi connectivity index (χ0n) is 22.8. The number of likely N-dealkylation sites (tertiary alicyclic amines) is 1. The second-order valence-corrected chi connectivity index (χ2v) is 11.3. The zero-order valence-corrected chi connectivity index (χ0v) is 23.6. The third-order valence-corrected chi connectivity index (χ3v) is 8.59. The number of fused-ring (bicyclic) bond motifs is 1. The second kappa shape index (κ2) is 11.0. The third-order valence-electron chi connectivity index (χ3n) is 7.55. The van der Waals surface area contributed by atoms with Crippen LogP contribution in [-0.2, 0) is 11.2 Å². The molecule has 3 aromatic heterocycles. The molecule has 2 fully saturated rings. The van der Waals surface area contributed by atoms with Crippen molar-refractivity contribution in [2.45, 2.75) is 31.9 Å². The summed E-state index contributed by atoms with van der Waals surface area (Å²) in [6.07, 6.45) is 1.16. The van der Waals surface area contributed by atoms with Crippen LogP contribution in [0.3, 0.4) is 0 Å². The molecule has 11 nitrogen and oxygen atoms in total. The number of imidazole rings is 1. The summed E-state index contributed by atoms with van der Waals surface area (Å²) in [5, 5.41) is 28.1. The van der Waals surface area contributed by atoms with Gasteiger partial charge in [-0.3, -0.25) is 4.79 Å². The van der Waals surface area contributed by atoms with Gasteiger partial charge in [0.2, 0.25) is 5.91 Å². The lowest BCUT2D eigenvalue weighted by Gasteiger charge is -2.36. The Labute approximate surface area is 240 Å². The van der Waals surface area contributed by atoms with Gasteiger partial charge in [0.25, 0.3) is 0 Å². The van der Waals surface area contributed by atoms with Gasteiger partial charge in [0.15, 0.2) is 16.6 Å². The van der Waals surface area contributed by atoms with E-state index in [1.807, 2.05) is 35.5 Å². The standard InChI is InChI=1S/C28H30FN9O2S/c1-3-21-27(35(2)28-33-26(22(12-30)41-28)17-4-6-18(29)7-5-17)38-23(32-21)8-9-24(34-38)36-11-10-19(14-36)31-13-25(40)37-15-20(39)16-37/h4-9,19-20,31,39H,3,10-11,13-16H2,1-2H3/t19-/m1/s1. The molecule has 6 rings (SSSR count). The van der Waals surface area contributed by atoms with E-state index in [0.29, 0.717) is 53.0 Å². The summed E-state index contributed by atoms with van der Waals surface area (Å²) in [4.78, 5) is 28.0. The molecule has 0 bridgehead atoms. The first-order chi connectivity index (χ1) is 19.8. The number of amides is 1. The van der Waals surface area contributed by atoms with Gasteiger partial charge in [0.05, 0.1) is 18.3 Å². The third kappa shape index (κ3) is 5.21. The Kier molecular flexibility index (Phi) is 7.29. The van der Waals surface area contributed by atoms with Crippen molar-refractivity contribution in [1.82, 2.24) is 29.8 Å². The minimum atomic E-state index is -0.400. The zero-order chi connectivity index (χ0) is 28.7. The Morgan fingerprint density at radius 1 is 1.22 bits per heavy atom. The van der Waals surface area contributed by atoms with Crippen LogP contribution in [0.4, 0.5) is 21.2 Å². The molecular weight excluding hydrogens is 545 g/mol. The summed E-state index contributed by atoms with van der Waals surface area (Å²) in [6.45, 7) is 4.63. The van der Waals surface area contributed by atoms with E-state index in [1.54, 1.807) is 17.0 Å². The number of aliphatic hydroxyl groups excluding tert-OH is 1. The van der Waals surface area contributed by atoms with Crippen molar-refractivity contribution in [2.24, 2.45) is 0 Å². The number of halogens is 1. The van der Waals surface area contributed by atoms with Crippen molar-refractivity contribution in [3.05, 3.63) is 52.8 Å². The van der Waals surface area contributed by atoms with E-state index in [-0.39, 0.29) is 24.3 Å². The normalized spacial score (nSPS) is 17.2. The first-order valence-corrected chi connectivity index (χ1v) is 14.4. The number of nitrogens with one attached hydrogen (secondary N) is 1. The van der Waals surface area contributed by atoms with Crippen molar-refractivity contribution in [3.8, 4) is 17.3 Å². The van der Waals surface area contributed by atoms with E-state index >= 15 is 0 Å². The SMILES string of the molecule is CCc1nc2ccc(N3CC[C@@H](NCC(=O)N4CC(O)C4)C3)nn2c1N(C)c1nc(-c2ccc(F)cc2)c(C#N)s1. The number of aryl methyl sites for hydroxylation is 1. The van der Waals surface area contributed by atoms with Crippen molar-refractivity contribution in [2.75, 3.05) is 49.6 Å². The van der Waals surface area contributed by atoms with Crippen molar-refractivity contribution in [1.29, 1.82) is 5.26 Å². The number of carbonyl (C=O) groups excluding carboxylic acids is 1.